The molecule has 0 aromatic heterocycles. The molecule has 1 amide bonds. The zero-order valence-electron chi connectivity index (χ0n) is 17.2. The van der Waals surface area contributed by atoms with E-state index in [9.17, 15) is 13.2 Å². The first-order valence-electron chi connectivity index (χ1n) is 10.2. The summed E-state index contributed by atoms with van der Waals surface area (Å²) in [7, 11) is -3.45. The summed E-state index contributed by atoms with van der Waals surface area (Å²) in [6.45, 7) is 2.96. The Bertz CT molecular complexity index is 916. The van der Waals surface area contributed by atoms with Gasteiger partial charge in [-0.05, 0) is 55.5 Å². The average Bonchev–Trinajstić information content (AvgIpc) is 2.71. The van der Waals surface area contributed by atoms with Crippen molar-refractivity contribution in [3.63, 3.8) is 0 Å². The van der Waals surface area contributed by atoms with E-state index in [0.29, 0.717) is 23.7 Å². The molecule has 0 saturated heterocycles. The smallest absolute Gasteiger partial charge is 0.251 e. The quantitative estimate of drug-likeness (QED) is 0.736. The molecule has 1 aliphatic rings. The lowest BCUT2D eigenvalue weighted by molar-refractivity contribution is 0.0943. The van der Waals surface area contributed by atoms with Gasteiger partial charge >= 0.3 is 0 Å². The van der Waals surface area contributed by atoms with Gasteiger partial charge in [-0.3, -0.25) is 9.10 Å². The monoisotopic (exact) mass is 414 g/mol. The lowest BCUT2D eigenvalue weighted by Crippen LogP contribution is -2.31. The lowest BCUT2D eigenvalue weighted by atomic mass is 9.89. The Morgan fingerprint density at radius 3 is 2.21 bits per heavy atom. The number of nitrogens with one attached hydrogen (secondary N) is 1. The van der Waals surface area contributed by atoms with Gasteiger partial charge in [0.1, 0.15) is 0 Å². The second-order valence-corrected chi connectivity index (χ2v) is 9.92. The number of hydrogen-bond donors (Lipinski definition) is 1. The molecule has 6 heteroatoms. The first-order chi connectivity index (χ1) is 13.8. The Morgan fingerprint density at radius 1 is 1.00 bits per heavy atom. The molecular formula is C23H30N2O3S. The van der Waals surface area contributed by atoms with Gasteiger partial charge in [0.2, 0.25) is 10.0 Å². The molecule has 156 valence electrons. The maximum absolute atomic E-state index is 12.4. The van der Waals surface area contributed by atoms with Crippen LogP contribution in [0.25, 0.3) is 0 Å². The zero-order valence-corrected chi connectivity index (χ0v) is 18.0. The third-order valence-electron chi connectivity index (χ3n) is 5.54. The molecule has 0 radical (unpaired) electrons. The van der Waals surface area contributed by atoms with E-state index in [1.54, 1.807) is 24.3 Å². The number of rotatable bonds is 7. The Balaban J connectivity index is 1.68. The molecule has 0 heterocycles. The number of aryl methyl sites for hydroxylation is 1. The van der Waals surface area contributed by atoms with E-state index in [1.807, 2.05) is 31.2 Å². The van der Waals surface area contributed by atoms with Gasteiger partial charge in [-0.25, -0.2) is 8.42 Å². The summed E-state index contributed by atoms with van der Waals surface area (Å²) < 4.78 is 26.1. The molecule has 0 aliphatic heterocycles. The number of nitrogens with zero attached hydrogens (tertiary/aromatic N) is 1. The van der Waals surface area contributed by atoms with E-state index < -0.39 is 10.0 Å². The van der Waals surface area contributed by atoms with E-state index in [0.717, 1.165) is 11.1 Å². The van der Waals surface area contributed by atoms with Gasteiger partial charge in [-0.15, -0.1) is 0 Å². The maximum atomic E-state index is 12.4. The van der Waals surface area contributed by atoms with Gasteiger partial charge < -0.3 is 5.32 Å². The summed E-state index contributed by atoms with van der Waals surface area (Å²) in [5.74, 6) is 0.466. The first-order valence-corrected chi connectivity index (χ1v) is 12.1. The lowest BCUT2D eigenvalue weighted by Gasteiger charge is -2.23. The van der Waals surface area contributed by atoms with Crippen molar-refractivity contribution in [3.8, 4) is 0 Å². The molecule has 2 aromatic rings. The largest absolute Gasteiger partial charge is 0.352 e. The van der Waals surface area contributed by atoms with Crippen LogP contribution in [0, 0.1) is 12.8 Å². The fourth-order valence-corrected chi connectivity index (χ4v) is 4.66. The highest BCUT2D eigenvalue weighted by molar-refractivity contribution is 7.92. The standard InChI is InChI=1S/C23H30N2O3S/c1-18-8-10-20(11-9-18)17-25(29(2,27)28)22-14-12-21(13-15-22)23(26)24-16-19-6-4-3-5-7-19/h8-15,19H,3-7,16-17H2,1-2H3,(H,24,26). The molecule has 0 atom stereocenters. The minimum absolute atomic E-state index is 0.105. The van der Waals surface area contributed by atoms with Crippen molar-refractivity contribution >= 4 is 21.6 Å². The number of amides is 1. The molecule has 2 aromatic carbocycles. The predicted octanol–water partition coefficient (Wildman–Crippen LogP) is 4.27. The molecule has 1 aliphatic carbocycles. The third-order valence-corrected chi connectivity index (χ3v) is 6.68. The SMILES string of the molecule is Cc1ccc(CN(c2ccc(C(=O)NCC3CCCCC3)cc2)S(C)(=O)=O)cc1. The van der Waals surface area contributed by atoms with Crippen molar-refractivity contribution in [2.45, 2.75) is 45.6 Å². The van der Waals surface area contributed by atoms with Crippen LogP contribution < -0.4 is 9.62 Å². The minimum Gasteiger partial charge on any atom is -0.352 e. The van der Waals surface area contributed by atoms with Gasteiger partial charge in [0.05, 0.1) is 18.5 Å². The van der Waals surface area contributed by atoms with Crippen LogP contribution in [-0.4, -0.2) is 27.1 Å². The minimum atomic E-state index is -3.45. The van der Waals surface area contributed by atoms with E-state index in [4.69, 9.17) is 0 Å². The molecule has 1 fully saturated rings. The Morgan fingerprint density at radius 2 is 1.62 bits per heavy atom. The Hall–Kier alpha value is -2.34. The fourth-order valence-electron chi connectivity index (χ4n) is 3.77. The van der Waals surface area contributed by atoms with Gasteiger partial charge in [0, 0.05) is 12.1 Å². The van der Waals surface area contributed by atoms with E-state index in [-0.39, 0.29) is 12.5 Å². The summed E-state index contributed by atoms with van der Waals surface area (Å²) in [6.07, 6.45) is 7.36. The van der Waals surface area contributed by atoms with Gasteiger partial charge in [-0.1, -0.05) is 49.1 Å². The Labute approximate surface area is 174 Å². The summed E-state index contributed by atoms with van der Waals surface area (Å²) in [6, 6.07) is 14.6. The summed E-state index contributed by atoms with van der Waals surface area (Å²) in [5.41, 5.74) is 3.14. The summed E-state index contributed by atoms with van der Waals surface area (Å²) in [5, 5.41) is 3.02. The molecule has 0 bridgehead atoms. The molecular weight excluding hydrogens is 384 g/mol. The molecule has 5 nitrogen and oxygen atoms in total. The zero-order chi connectivity index (χ0) is 20.9. The normalized spacial score (nSPS) is 15.1. The second-order valence-electron chi connectivity index (χ2n) is 8.02. The molecule has 3 rings (SSSR count). The van der Waals surface area contributed by atoms with E-state index >= 15 is 0 Å². The van der Waals surface area contributed by atoms with Crippen LogP contribution in [0.5, 0.6) is 0 Å². The van der Waals surface area contributed by atoms with Crippen LogP contribution in [0.1, 0.15) is 53.6 Å². The third kappa shape index (κ3) is 6.07. The highest BCUT2D eigenvalue weighted by Gasteiger charge is 2.19. The summed E-state index contributed by atoms with van der Waals surface area (Å²) in [4.78, 5) is 12.4. The van der Waals surface area contributed by atoms with Crippen LogP contribution in [-0.2, 0) is 16.6 Å². The second kappa shape index (κ2) is 9.44. The number of sulfonamides is 1. The summed E-state index contributed by atoms with van der Waals surface area (Å²) >= 11 is 0. The molecule has 1 N–H and O–H groups in total. The van der Waals surface area contributed by atoms with Crippen LogP contribution in [0.2, 0.25) is 0 Å². The van der Waals surface area contributed by atoms with Gasteiger partial charge in [0.25, 0.3) is 5.91 Å². The van der Waals surface area contributed by atoms with E-state index in [2.05, 4.69) is 5.32 Å². The number of anilines is 1. The average molecular weight is 415 g/mol. The maximum Gasteiger partial charge on any atom is 0.251 e. The van der Waals surface area contributed by atoms with Crippen LogP contribution in [0.15, 0.2) is 48.5 Å². The van der Waals surface area contributed by atoms with Crippen molar-refractivity contribution in [1.29, 1.82) is 0 Å². The number of benzene rings is 2. The number of hydrogen-bond acceptors (Lipinski definition) is 3. The van der Waals surface area contributed by atoms with Gasteiger partial charge in [-0.2, -0.15) is 0 Å². The fraction of sp³-hybridized carbons (Fsp3) is 0.435. The topological polar surface area (TPSA) is 66.5 Å². The van der Waals surface area contributed by atoms with Crippen LogP contribution in [0.3, 0.4) is 0 Å². The highest BCUT2D eigenvalue weighted by atomic mass is 32.2. The van der Waals surface area contributed by atoms with Crippen molar-refractivity contribution in [2.24, 2.45) is 5.92 Å². The van der Waals surface area contributed by atoms with Crippen LogP contribution >= 0.6 is 0 Å². The van der Waals surface area contributed by atoms with Crippen molar-refractivity contribution in [3.05, 3.63) is 65.2 Å². The van der Waals surface area contributed by atoms with Gasteiger partial charge in [0.15, 0.2) is 0 Å². The molecule has 0 unspecified atom stereocenters. The number of carbonyl (C=O) groups excluding carboxylic acids is 1. The van der Waals surface area contributed by atoms with Crippen molar-refractivity contribution in [2.75, 3.05) is 17.1 Å². The Kier molecular flexibility index (Phi) is 6.96. The number of carbonyl (C=O) groups is 1. The van der Waals surface area contributed by atoms with E-state index in [1.165, 1.54) is 42.7 Å². The molecule has 0 spiro atoms. The highest BCUT2D eigenvalue weighted by Crippen LogP contribution is 2.24. The molecule has 1 saturated carbocycles. The van der Waals surface area contributed by atoms with Crippen molar-refractivity contribution in [1.82, 2.24) is 5.32 Å². The predicted molar refractivity (Wildman–Crippen MR) is 118 cm³/mol. The first kappa shape index (κ1) is 21.4. The molecule has 29 heavy (non-hydrogen) atoms. The van der Waals surface area contributed by atoms with Crippen LogP contribution in [0.4, 0.5) is 5.69 Å². The van der Waals surface area contributed by atoms with Crippen molar-refractivity contribution < 1.29 is 13.2 Å².